The molecule has 4 aromatic rings. The summed E-state index contributed by atoms with van der Waals surface area (Å²) in [5, 5.41) is 1.12. The molecular formula is C32H40N6O2. The summed E-state index contributed by atoms with van der Waals surface area (Å²) in [5.74, 6) is 1.57. The molecule has 5 heterocycles. The van der Waals surface area contributed by atoms with E-state index in [1.807, 2.05) is 23.2 Å². The Morgan fingerprint density at radius 1 is 1.18 bits per heavy atom. The number of pyridine rings is 1. The molecule has 7 rings (SSSR count). The average molecular weight is 541 g/mol. The molecule has 1 saturated carbocycles. The van der Waals surface area contributed by atoms with E-state index in [0.717, 1.165) is 91.9 Å². The van der Waals surface area contributed by atoms with Crippen LogP contribution in [0.25, 0.3) is 33.6 Å². The summed E-state index contributed by atoms with van der Waals surface area (Å²) in [6, 6.07) is 10.5. The van der Waals surface area contributed by atoms with Gasteiger partial charge in [-0.25, -0.2) is 9.97 Å². The van der Waals surface area contributed by atoms with Crippen LogP contribution in [-0.2, 0) is 24.2 Å². The van der Waals surface area contributed by atoms with Gasteiger partial charge < -0.3 is 24.5 Å². The van der Waals surface area contributed by atoms with Gasteiger partial charge in [0.25, 0.3) is 5.91 Å². The predicted molar refractivity (Wildman–Crippen MR) is 157 cm³/mol. The van der Waals surface area contributed by atoms with Crippen LogP contribution in [0.4, 0.5) is 0 Å². The third-order valence-electron chi connectivity index (χ3n) is 9.44. The van der Waals surface area contributed by atoms with Crippen LogP contribution in [0.15, 0.2) is 36.5 Å². The molecule has 2 aliphatic heterocycles. The first-order valence-corrected chi connectivity index (χ1v) is 15.1. The SMILES string of the molecule is CCc1cc(C(=O)N2CCC[C@@H](N)C2)cc2nc(-c3cc4cccnc4n3CC)n(CC3CC4(CCCO4)C3)c12. The summed E-state index contributed by atoms with van der Waals surface area (Å²) >= 11 is 0. The monoisotopic (exact) mass is 540 g/mol. The molecular weight excluding hydrogens is 500 g/mol. The number of imidazole rings is 1. The number of fused-ring (bicyclic) bond motifs is 2. The first-order chi connectivity index (χ1) is 19.5. The lowest BCUT2D eigenvalue weighted by molar-refractivity contribution is -0.0939. The van der Waals surface area contributed by atoms with Gasteiger partial charge in [0.05, 0.1) is 22.3 Å². The number of hydrogen-bond donors (Lipinski definition) is 1. The van der Waals surface area contributed by atoms with E-state index in [1.165, 1.54) is 18.4 Å². The zero-order valence-electron chi connectivity index (χ0n) is 23.7. The van der Waals surface area contributed by atoms with Crippen LogP contribution < -0.4 is 5.73 Å². The van der Waals surface area contributed by atoms with Crippen LogP contribution in [0.3, 0.4) is 0 Å². The number of aromatic nitrogens is 4. The summed E-state index contributed by atoms with van der Waals surface area (Å²) in [7, 11) is 0. The number of aryl methyl sites for hydroxylation is 2. The topological polar surface area (TPSA) is 91.2 Å². The average Bonchev–Trinajstić information content (AvgIpc) is 3.67. The lowest BCUT2D eigenvalue weighted by Crippen LogP contribution is -2.45. The molecule has 1 aliphatic carbocycles. The van der Waals surface area contributed by atoms with Gasteiger partial charge in [-0.1, -0.05) is 6.92 Å². The maximum absolute atomic E-state index is 13.6. The molecule has 3 aromatic heterocycles. The number of carbonyl (C=O) groups excluding carboxylic acids is 1. The maximum atomic E-state index is 13.6. The summed E-state index contributed by atoms with van der Waals surface area (Å²) in [6.07, 6.45) is 9.20. The Balaban J connectivity index is 1.35. The van der Waals surface area contributed by atoms with Gasteiger partial charge in [-0.05, 0) is 93.7 Å². The standard InChI is InChI=1S/C32H40N6O2/c1-3-22-14-24(31(39)36-12-6-9-25(33)20-36)15-26-28(22)38(19-21-17-32(18-21)10-7-13-40-32)30(35-26)27-16-23-8-5-11-34-29(23)37(27)4-2/h5,8,11,14-16,21,25H,3-4,6-7,9-10,12-13,17-20,33H2,1-2H3/t21?,25-,32?/m1/s1. The summed E-state index contributed by atoms with van der Waals surface area (Å²) < 4.78 is 10.9. The molecule has 1 amide bonds. The molecule has 0 radical (unpaired) electrons. The number of benzene rings is 1. The normalized spacial score (nSPS) is 24.8. The van der Waals surface area contributed by atoms with Gasteiger partial charge >= 0.3 is 0 Å². The Bertz CT molecular complexity index is 1570. The zero-order chi connectivity index (χ0) is 27.4. The van der Waals surface area contributed by atoms with Crippen LogP contribution in [0.5, 0.6) is 0 Å². The van der Waals surface area contributed by atoms with E-state index in [2.05, 4.69) is 41.2 Å². The Morgan fingerprint density at radius 2 is 2.05 bits per heavy atom. The van der Waals surface area contributed by atoms with E-state index in [0.29, 0.717) is 18.0 Å². The van der Waals surface area contributed by atoms with Gasteiger partial charge in [-0.2, -0.15) is 0 Å². The highest BCUT2D eigenvalue weighted by Gasteiger charge is 2.47. The van der Waals surface area contributed by atoms with E-state index < -0.39 is 0 Å². The number of nitrogens with two attached hydrogens (primary N) is 1. The number of likely N-dealkylation sites (tertiary alicyclic amines) is 1. The Kier molecular flexibility index (Phi) is 6.43. The van der Waals surface area contributed by atoms with Crippen molar-refractivity contribution in [2.75, 3.05) is 19.7 Å². The van der Waals surface area contributed by atoms with Crippen LogP contribution >= 0.6 is 0 Å². The minimum absolute atomic E-state index is 0.0528. The third-order valence-corrected chi connectivity index (χ3v) is 9.44. The van der Waals surface area contributed by atoms with Crippen molar-refractivity contribution in [1.29, 1.82) is 0 Å². The van der Waals surface area contributed by atoms with Crippen LogP contribution in [0.1, 0.15) is 68.3 Å². The van der Waals surface area contributed by atoms with Crippen molar-refractivity contribution in [1.82, 2.24) is 24.0 Å². The fourth-order valence-electron chi connectivity index (χ4n) is 7.55. The molecule has 1 atom stereocenters. The highest BCUT2D eigenvalue weighted by Crippen LogP contribution is 2.48. The Morgan fingerprint density at radius 3 is 2.80 bits per heavy atom. The number of rotatable bonds is 6. The molecule has 8 nitrogen and oxygen atoms in total. The molecule has 40 heavy (non-hydrogen) atoms. The summed E-state index contributed by atoms with van der Waals surface area (Å²) in [6.45, 7) is 8.32. The van der Waals surface area contributed by atoms with Crippen molar-refractivity contribution >= 4 is 28.0 Å². The third kappa shape index (κ3) is 4.23. The smallest absolute Gasteiger partial charge is 0.253 e. The summed E-state index contributed by atoms with van der Waals surface area (Å²) in [4.78, 5) is 25.5. The van der Waals surface area contributed by atoms with Gasteiger partial charge in [0.2, 0.25) is 0 Å². The van der Waals surface area contributed by atoms with E-state index in [-0.39, 0.29) is 17.6 Å². The van der Waals surface area contributed by atoms with Crippen molar-refractivity contribution in [2.45, 2.75) is 83.5 Å². The van der Waals surface area contributed by atoms with E-state index in [4.69, 9.17) is 20.4 Å². The fraction of sp³-hybridized carbons (Fsp3) is 0.531. The van der Waals surface area contributed by atoms with Crippen LogP contribution in [0.2, 0.25) is 0 Å². The quantitative estimate of drug-likeness (QED) is 0.365. The minimum Gasteiger partial charge on any atom is -0.375 e. The van der Waals surface area contributed by atoms with Crippen molar-refractivity contribution in [3.8, 4) is 11.5 Å². The second-order valence-electron chi connectivity index (χ2n) is 12.2. The minimum atomic E-state index is 0.0528. The zero-order valence-corrected chi connectivity index (χ0v) is 23.7. The van der Waals surface area contributed by atoms with Gasteiger partial charge in [-0.15, -0.1) is 0 Å². The largest absolute Gasteiger partial charge is 0.375 e. The lowest BCUT2D eigenvalue weighted by atomic mass is 9.69. The number of hydrogen-bond acceptors (Lipinski definition) is 5. The Hall–Kier alpha value is -3.23. The number of ether oxygens (including phenoxy) is 1. The van der Waals surface area contributed by atoms with Gasteiger partial charge in [0.1, 0.15) is 5.65 Å². The second kappa shape index (κ2) is 10.00. The molecule has 1 aromatic carbocycles. The lowest BCUT2D eigenvalue weighted by Gasteiger charge is -2.44. The first kappa shape index (κ1) is 25.7. The molecule has 0 unspecified atom stereocenters. The van der Waals surface area contributed by atoms with E-state index in [1.54, 1.807) is 0 Å². The molecule has 2 N–H and O–H groups in total. The van der Waals surface area contributed by atoms with Gasteiger partial charge in [-0.3, -0.25) is 4.79 Å². The van der Waals surface area contributed by atoms with Gasteiger partial charge in [0, 0.05) is 56.0 Å². The first-order valence-electron chi connectivity index (χ1n) is 15.1. The summed E-state index contributed by atoms with van der Waals surface area (Å²) in [5.41, 5.74) is 12.3. The predicted octanol–water partition coefficient (Wildman–Crippen LogP) is 5.16. The molecule has 3 fully saturated rings. The molecule has 8 heteroatoms. The Labute approximate surface area is 235 Å². The van der Waals surface area contributed by atoms with Crippen LogP contribution in [0, 0.1) is 5.92 Å². The van der Waals surface area contributed by atoms with E-state index in [9.17, 15) is 4.79 Å². The van der Waals surface area contributed by atoms with E-state index >= 15 is 0 Å². The molecule has 210 valence electrons. The van der Waals surface area contributed by atoms with Crippen molar-refractivity contribution < 1.29 is 9.53 Å². The maximum Gasteiger partial charge on any atom is 0.253 e. The van der Waals surface area contributed by atoms with Crippen molar-refractivity contribution in [2.24, 2.45) is 11.7 Å². The molecule has 2 saturated heterocycles. The molecule has 3 aliphatic rings. The fourth-order valence-corrected chi connectivity index (χ4v) is 7.55. The van der Waals surface area contributed by atoms with Crippen molar-refractivity contribution in [3.63, 3.8) is 0 Å². The van der Waals surface area contributed by atoms with Gasteiger partial charge in [0.15, 0.2) is 5.82 Å². The highest BCUT2D eigenvalue weighted by molar-refractivity contribution is 5.99. The van der Waals surface area contributed by atoms with Crippen molar-refractivity contribution in [3.05, 3.63) is 47.7 Å². The van der Waals surface area contributed by atoms with Crippen LogP contribution in [-0.4, -0.2) is 61.2 Å². The number of carbonyl (C=O) groups is 1. The molecule has 0 bridgehead atoms. The number of piperidine rings is 1. The second-order valence-corrected chi connectivity index (χ2v) is 12.2. The molecule has 1 spiro atoms. The highest BCUT2D eigenvalue weighted by atomic mass is 16.5. The number of amides is 1. The number of nitrogens with zero attached hydrogens (tertiary/aromatic N) is 5.